The van der Waals surface area contributed by atoms with Crippen LogP contribution in [0.5, 0.6) is 0 Å². The number of alkyl halides is 3. The van der Waals surface area contributed by atoms with E-state index in [0.717, 1.165) is 16.7 Å². The summed E-state index contributed by atoms with van der Waals surface area (Å²) in [6, 6.07) is 8.81. The van der Waals surface area contributed by atoms with Gasteiger partial charge in [0, 0.05) is 24.3 Å². The number of nitrogens with one attached hydrogen (secondary N) is 1. The van der Waals surface area contributed by atoms with Crippen LogP contribution in [0.15, 0.2) is 59.9 Å². The first kappa shape index (κ1) is 26.5. The Kier molecular flexibility index (Phi) is 8.08. The lowest BCUT2D eigenvalue weighted by atomic mass is 10.1. The molecule has 0 bridgehead atoms. The maximum atomic E-state index is 13.0. The quantitative estimate of drug-likeness (QED) is 0.445. The van der Waals surface area contributed by atoms with Crippen LogP contribution >= 0.6 is 11.6 Å². The first-order valence-corrected chi connectivity index (χ1v) is 12.1. The third kappa shape index (κ3) is 6.74. The summed E-state index contributed by atoms with van der Waals surface area (Å²) in [5, 5.41) is 2.80. The Hall–Kier alpha value is -3.09. The van der Waals surface area contributed by atoms with Crippen molar-refractivity contribution in [2.45, 2.75) is 37.5 Å². The van der Waals surface area contributed by atoms with Crippen molar-refractivity contribution in [2.24, 2.45) is 0 Å². The molecule has 0 fully saturated rings. The molecule has 1 aromatic carbocycles. The molecule has 1 amide bonds. The third-order valence-corrected chi connectivity index (χ3v) is 7.07. The number of rotatable bonds is 8. The molecule has 3 rings (SSSR count). The van der Waals surface area contributed by atoms with Gasteiger partial charge in [-0.3, -0.25) is 9.78 Å². The Morgan fingerprint density at radius 3 is 2.40 bits per heavy atom. The van der Waals surface area contributed by atoms with E-state index in [-0.39, 0.29) is 22.3 Å². The first-order chi connectivity index (χ1) is 16.4. The second kappa shape index (κ2) is 10.7. The Labute approximate surface area is 205 Å². The van der Waals surface area contributed by atoms with Crippen LogP contribution in [-0.2, 0) is 27.5 Å². The number of halogens is 4. The Balaban J connectivity index is 1.68. The van der Waals surface area contributed by atoms with Crippen molar-refractivity contribution in [3.8, 4) is 11.3 Å². The van der Waals surface area contributed by atoms with Gasteiger partial charge in [-0.1, -0.05) is 29.8 Å². The summed E-state index contributed by atoms with van der Waals surface area (Å²) in [6.45, 7) is 2.92. The normalized spacial score (nSPS) is 12.2. The van der Waals surface area contributed by atoms with Gasteiger partial charge in [-0.25, -0.2) is 18.4 Å². The summed E-state index contributed by atoms with van der Waals surface area (Å²) in [5.41, 5.74) is 0.293. The molecule has 0 aliphatic rings. The van der Waals surface area contributed by atoms with Crippen LogP contribution in [0.25, 0.3) is 11.3 Å². The molecule has 0 radical (unpaired) electrons. The zero-order valence-corrected chi connectivity index (χ0v) is 20.2. The molecule has 0 aliphatic carbocycles. The molecular formula is C22H21ClF3N5O3S. The van der Waals surface area contributed by atoms with Crippen LogP contribution in [0.3, 0.4) is 0 Å². The lowest BCUT2D eigenvalue weighted by molar-refractivity contribution is -0.141. The number of pyridine rings is 1. The lowest BCUT2D eigenvalue weighted by Crippen LogP contribution is -2.44. The van der Waals surface area contributed by atoms with Crippen LogP contribution in [0.2, 0.25) is 5.15 Å². The van der Waals surface area contributed by atoms with Gasteiger partial charge in [0.1, 0.15) is 10.0 Å². The van der Waals surface area contributed by atoms with Crippen LogP contribution in [0, 0.1) is 0 Å². The number of sulfonamides is 1. The Morgan fingerprint density at radius 1 is 1.09 bits per heavy atom. The number of amides is 1. The van der Waals surface area contributed by atoms with E-state index in [2.05, 4.69) is 20.3 Å². The molecule has 0 aliphatic heterocycles. The van der Waals surface area contributed by atoms with Crippen LogP contribution in [0.4, 0.5) is 13.2 Å². The van der Waals surface area contributed by atoms with Gasteiger partial charge < -0.3 is 5.32 Å². The first-order valence-electron chi connectivity index (χ1n) is 10.3. The summed E-state index contributed by atoms with van der Waals surface area (Å²) in [6.07, 6.45) is -1.78. The highest BCUT2D eigenvalue weighted by Crippen LogP contribution is 2.28. The number of benzene rings is 1. The number of carbonyl (C=O) groups is 1. The zero-order valence-electron chi connectivity index (χ0n) is 18.6. The molecule has 3 aromatic rings. The largest absolute Gasteiger partial charge is 0.434 e. The Morgan fingerprint density at radius 2 is 1.83 bits per heavy atom. The highest BCUT2D eigenvalue weighted by atomic mass is 35.5. The van der Waals surface area contributed by atoms with Crippen molar-refractivity contribution >= 4 is 27.5 Å². The van der Waals surface area contributed by atoms with Gasteiger partial charge in [-0.05, 0) is 37.6 Å². The summed E-state index contributed by atoms with van der Waals surface area (Å²) in [5.74, 6) is -0.538. The standard InChI is InChI=1S/C22H21ClF3N5O3S/c1-14(2)31(35(33,34)17-6-7-20(23)29-10-17)13-21(32)30-9-15-4-3-5-16(8-15)18-11-28-19(12-27-18)22(24,25)26/h3-8,10-12,14H,9,13H2,1-2H3,(H,30,32). The van der Waals surface area contributed by atoms with E-state index >= 15 is 0 Å². The van der Waals surface area contributed by atoms with E-state index in [9.17, 15) is 26.4 Å². The zero-order chi connectivity index (χ0) is 25.8. The molecule has 0 saturated carbocycles. The molecule has 8 nitrogen and oxygen atoms in total. The van der Waals surface area contributed by atoms with Crippen LogP contribution < -0.4 is 5.32 Å². The van der Waals surface area contributed by atoms with Crippen molar-refractivity contribution in [2.75, 3.05) is 6.54 Å². The number of nitrogens with zero attached hydrogens (tertiary/aromatic N) is 4. The predicted molar refractivity (Wildman–Crippen MR) is 123 cm³/mol. The number of hydrogen-bond acceptors (Lipinski definition) is 6. The molecule has 2 aromatic heterocycles. The van der Waals surface area contributed by atoms with Gasteiger partial charge in [0.2, 0.25) is 15.9 Å². The summed E-state index contributed by atoms with van der Waals surface area (Å²) in [4.78, 5) is 23.5. The second-order valence-corrected chi connectivity index (χ2v) is 10.0. The molecule has 2 heterocycles. The number of carbonyl (C=O) groups excluding carboxylic acids is 1. The topological polar surface area (TPSA) is 105 Å². The molecule has 1 N–H and O–H groups in total. The monoisotopic (exact) mass is 527 g/mol. The van der Waals surface area contributed by atoms with Gasteiger partial charge in [-0.15, -0.1) is 0 Å². The SMILES string of the molecule is CC(C)N(CC(=O)NCc1cccc(-c2cnc(C(F)(F)F)cn2)c1)S(=O)(=O)c1ccc(Cl)nc1. The number of hydrogen-bond donors (Lipinski definition) is 1. The maximum Gasteiger partial charge on any atom is 0.434 e. The summed E-state index contributed by atoms with van der Waals surface area (Å²) >= 11 is 5.73. The number of aromatic nitrogens is 3. The molecule has 186 valence electrons. The average molecular weight is 528 g/mol. The van der Waals surface area contributed by atoms with Crippen molar-refractivity contribution < 1.29 is 26.4 Å². The van der Waals surface area contributed by atoms with Gasteiger partial charge in [0.05, 0.1) is 24.6 Å². The van der Waals surface area contributed by atoms with Crippen molar-refractivity contribution in [1.29, 1.82) is 0 Å². The smallest absolute Gasteiger partial charge is 0.351 e. The second-order valence-electron chi connectivity index (χ2n) is 7.72. The van der Waals surface area contributed by atoms with Crippen molar-refractivity contribution in [3.63, 3.8) is 0 Å². The predicted octanol–water partition coefficient (Wildman–Crippen LogP) is 3.93. The summed E-state index contributed by atoms with van der Waals surface area (Å²) in [7, 11) is -4.00. The minimum absolute atomic E-state index is 0.0647. The molecule has 0 unspecified atom stereocenters. The molecule has 0 spiro atoms. The van der Waals surface area contributed by atoms with E-state index in [1.807, 2.05) is 0 Å². The highest BCUT2D eigenvalue weighted by molar-refractivity contribution is 7.89. The van der Waals surface area contributed by atoms with Gasteiger partial charge in [0.25, 0.3) is 0 Å². The van der Waals surface area contributed by atoms with Gasteiger partial charge in [-0.2, -0.15) is 17.5 Å². The highest BCUT2D eigenvalue weighted by Gasteiger charge is 2.33. The maximum absolute atomic E-state index is 13.0. The fourth-order valence-electron chi connectivity index (χ4n) is 3.06. The van der Waals surface area contributed by atoms with Gasteiger partial charge in [0.15, 0.2) is 5.69 Å². The van der Waals surface area contributed by atoms with E-state index in [0.29, 0.717) is 17.3 Å². The fraction of sp³-hybridized carbons (Fsp3) is 0.273. The van der Waals surface area contributed by atoms with Crippen LogP contribution in [-0.4, -0.2) is 46.2 Å². The Bertz CT molecular complexity index is 1280. The average Bonchev–Trinajstić information content (AvgIpc) is 2.81. The van der Waals surface area contributed by atoms with E-state index < -0.39 is 40.4 Å². The molecular weight excluding hydrogens is 507 g/mol. The van der Waals surface area contributed by atoms with Crippen molar-refractivity contribution in [3.05, 3.63) is 71.4 Å². The summed E-state index contributed by atoms with van der Waals surface area (Å²) < 4.78 is 65.1. The minimum atomic E-state index is -4.58. The van der Waals surface area contributed by atoms with Crippen LogP contribution in [0.1, 0.15) is 25.1 Å². The molecule has 0 saturated heterocycles. The fourth-order valence-corrected chi connectivity index (χ4v) is 4.71. The van der Waals surface area contributed by atoms with E-state index in [1.165, 1.54) is 12.1 Å². The lowest BCUT2D eigenvalue weighted by Gasteiger charge is -2.25. The van der Waals surface area contributed by atoms with E-state index in [4.69, 9.17) is 11.6 Å². The van der Waals surface area contributed by atoms with Crippen molar-refractivity contribution in [1.82, 2.24) is 24.6 Å². The van der Waals surface area contributed by atoms with E-state index in [1.54, 1.807) is 38.1 Å². The molecule has 13 heteroatoms. The third-order valence-electron chi connectivity index (χ3n) is 4.84. The van der Waals surface area contributed by atoms with Gasteiger partial charge >= 0.3 is 6.18 Å². The molecule has 0 atom stereocenters. The minimum Gasteiger partial charge on any atom is -0.351 e. The molecule has 35 heavy (non-hydrogen) atoms.